The number of benzene rings is 2. The van der Waals surface area contributed by atoms with Gasteiger partial charge in [-0.3, -0.25) is 4.79 Å². The van der Waals surface area contributed by atoms with E-state index < -0.39 is 17.5 Å². The second kappa shape index (κ2) is 5.06. The van der Waals surface area contributed by atoms with Gasteiger partial charge in [-0.1, -0.05) is 0 Å². The van der Waals surface area contributed by atoms with E-state index in [1.165, 1.54) is 24.3 Å². The van der Waals surface area contributed by atoms with E-state index >= 15 is 0 Å². The fraction of sp³-hybridized carbons (Fsp3) is 0.0714. The smallest absolute Gasteiger partial charge is 0.256 e. The number of rotatable bonds is 2. The lowest BCUT2D eigenvalue weighted by molar-refractivity contribution is 0.102. The van der Waals surface area contributed by atoms with E-state index in [9.17, 15) is 13.6 Å². The first kappa shape index (κ1) is 13.0. The zero-order valence-electron chi connectivity index (χ0n) is 10.1. The second-order valence-corrected chi connectivity index (χ2v) is 4.08. The lowest BCUT2D eigenvalue weighted by Gasteiger charge is -2.08. The van der Waals surface area contributed by atoms with Crippen LogP contribution in [0.5, 0.6) is 5.75 Å². The molecule has 0 aliphatic heterocycles. The normalized spacial score (nSPS) is 10.3. The molecule has 0 fully saturated rings. The van der Waals surface area contributed by atoms with E-state index in [0.29, 0.717) is 5.56 Å². The summed E-state index contributed by atoms with van der Waals surface area (Å²) in [6.45, 7) is 1.59. The van der Waals surface area contributed by atoms with Crippen molar-refractivity contribution in [3.63, 3.8) is 0 Å². The van der Waals surface area contributed by atoms with Crippen molar-refractivity contribution in [2.75, 3.05) is 5.32 Å². The van der Waals surface area contributed by atoms with Crippen LogP contribution >= 0.6 is 0 Å². The molecule has 19 heavy (non-hydrogen) atoms. The van der Waals surface area contributed by atoms with Gasteiger partial charge in [-0.25, -0.2) is 8.78 Å². The first-order chi connectivity index (χ1) is 8.97. The van der Waals surface area contributed by atoms with Crippen LogP contribution in [0.15, 0.2) is 36.4 Å². The Labute approximate surface area is 108 Å². The molecule has 98 valence electrons. The van der Waals surface area contributed by atoms with Crippen LogP contribution in [0.4, 0.5) is 14.5 Å². The van der Waals surface area contributed by atoms with Gasteiger partial charge in [0.25, 0.3) is 5.91 Å². The first-order valence-electron chi connectivity index (χ1n) is 5.53. The minimum absolute atomic E-state index is 0.0495. The van der Waals surface area contributed by atoms with Crippen molar-refractivity contribution in [3.05, 3.63) is 59.2 Å². The van der Waals surface area contributed by atoms with Crippen molar-refractivity contribution >= 4 is 11.6 Å². The van der Waals surface area contributed by atoms with Gasteiger partial charge in [-0.2, -0.15) is 0 Å². The Bertz CT molecular complexity index is 641. The number of anilines is 1. The molecule has 0 saturated carbocycles. The van der Waals surface area contributed by atoms with E-state index in [2.05, 4.69) is 5.32 Å². The largest absolute Gasteiger partial charge is 0.508 e. The number of aromatic hydroxyl groups is 1. The van der Waals surface area contributed by atoms with Crippen LogP contribution in [0.3, 0.4) is 0 Å². The quantitative estimate of drug-likeness (QED) is 0.817. The van der Waals surface area contributed by atoms with E-state index in [4.69, 9.17) is 5.11 Å². The highest BCUT2D eigenvalue weighted by atomic mass is 19.1. The Kier molecular flexibility index (Phi) is 3.46. The van der Waals surface area contributed by atoms with Gasteiger partial charge in [0.15, 0.2) is 0 Å². The summed E-state index contributed by atoms with van der Waals surface area (Å²) >= 11 is 0. The molecule has 2 aromatic carbocycles. The van der Waals surface area contributed by atoms with Crippen LogP contribution in [0.1, 0.15) is 15.9 Å². The third kappa shape index (κ3) is 2.88. The summed E-state index contributed by atoms with van der Waals surface area (Å²) in [5.74, 6) is -1.95. The second-order valence-electron chi connectivity index (χ2n) is 4.08. The van der Waals surface area contributed by atoms with Crippen molar-refractivity contribution < 1.29 is 18.7 Å². The van der Waals surface area contributed by atoms with Gasteiger partial charge in [0.2, 0.25) is 0 Å². The standard InChI is InChI=1S/C14H11F2NO2/c1-8-6-9(15)2-4-11(8)14(19)17-13-5-3-10(18)7-12(13)16/h2-7,18H,1H3,(H,17,19). The van der Waals surface area contributed by atoms with Crippen molar-refractivity contribution in [1.82, 2.24) is 0 Å². The maximum Gasteiger partial charge on any atom is 0.256 e. The number of nitrogens with one attached hydrogen (secondary N) is 1. The minimum atomic E-state index is -0.742. The predicted octanol–water partition coefficient (Wildman–Crippen LogP) is 3.23. The van der Waals surface area contributed by atoms with Crippen LogP contribution in [-0.2, 0) is 0 Å². The maximum absolute atomic E-state index is 13.5. The molecule has 0 unspecified atom stereocenters. The Morgan fingerprint density at radius 3 is 2.53 bits per heavy atom. The summed E-state index contributed by atoms with van der Waals surface area (Å²) in [5.41, 5.74) is 0.664. The molecule has 2 rings (SSSR count). The SMILES string of the molecule is Cc1cc(F)ccc1C(=O)Nc1ccc(O)cc1F. The summed E-state index contributed by atoms with van der Waals surface area (Å²) < 4.78 is 26.4. The van der Waals surface area contributed by atoms with E-state index in [-0.39, 0.29) is 17.0 Å². The molecule has 2 N–H and O–H groups in total. The molecule has 0 aromatic heterocycles. The molecule has 1 amide bonds. The van der Waals surface area contributed by atoms with Gasteiger partial charge in [-0.15, -0.1) is 0 Å². The Morgan fingerprint density at radius 2 is 1.89 bits per heavy atom. The van der Waals surface area contributed by atoms with Gasteiger partial charge < -0.3 is 10.4 Å². The van der Waals surface area contributed by atoms with Crippen molar-refractivity contribution in [2.24, 2.45) is 0 Å². The Morgan fingerprint density at radius 1 is 1.16 bits per heavy atom. The lowest BCUT2D eigenvalue weighted by Crippen LogP contribution is -2.14. The fourth-order valence-corrected chi connectivity index (χ4v) is 1.68. The topological polar surface area (TPSA) is 49.3 Å². The van der Waals surface area contributed by atoms with Crippen LogP contribution in [0.2, 0.25) is 0 Å². The van der Waals surface area contributed by atoms with Crippen molar-refractivity contribution in [1.29, 1.82) is 0 Å². The molecule has 5 heteroatoms. The highest BCUT2D eigenvalue weighted by Gasteiger charge is 2.12. The van der Waals surface area contributed by atoms with Crippen molar-refractivity contribution in [3.8, 4) is 5.75 Å². The zero-order valence-corrected chi connectivity index (χ0v) is 10.1. The van der Waals surface area contributed by atoms with Crippen LogP contribution in [-0.4, -0.2) is 11.0 Å². The zero-order chi connectivity index (χ0) is 14.0. The summed E-state index contributed by atoms with van der Waals surface area (Å²) in [6.07, 6.45) is 0. The predicted molar refractivity (Wildman–Crippen MR) is 67.2 cm³/mol. The molecule has 0 atom stereocenters. The van der Waals surface area contributed by atoms with Gasteiger partial charge >= 0.3 is 0 Å². The van der Waals surface area contributed by atoms with Gasteiger partial charge in [-0.05, 0) is 42.8 Å². The number of amides is 1. The number of carbonyl (C=O) groups excluding carboxylic acids is 1. The average Bonchev–Trinajstić information content (AvgIpc) is 2.32. The molecule has 0 aliphatic rings. The summed E-state index contributed by atoms with van der Waals surface area (Å²) in [6, 6.07) is 7.13. The van der Waals surface area contributed by atoms with Crippen LogP contribution < -0.4 is 5.32 Å². The molecule has 0 saturated heterocycles. The summed E-state index contributed by atoms with van der Waals surface area (Å²) in [7, 11) is 0. The third-order valence-electron chi connectivity index (χ3n) is 2.63. The van der Waals surface area contributed by atoms with Gasteiger partial charge in [0.05, 0.1) is 5.69 Å². The minimum Gasteiger partial charge on any atom is -0.508 e. The van der Waals surface area contributed by atoms with Gasteiger partial charge in [0.1, 0.15) is 17.4 Å². The molecule has 0 spiro atoms. The van der Waals surface area contributed by atoms with Crippen LogP contribution in [0.25, 0.3) is 0 Å². The Balaban J connectivity index is 2.25. The average molecular weight is 263 g/mol. The number of hydrogen-bond acceptors (Lipinski definition) is 2. The van der Waals surface area contributed by atoms with E-state index in [1.807, 2.05) is 0 Å². The third-order valence-corrected chi connectivity index (χ3v) is 2.63. The number of hydrogen-bond donors (Lipinski definition) is 2. The molecular formula is C14H11F2NO2. The molecule has 2 aromatic rings. The Hall–Kier alpha value is -2.43. The maximum atomic E-state index is 13.5. The van der Waals surface area contributed by atoms with Crippen LogP contribution in [0, 0.1) is 18.6 Å². The number of aryl methyl sites for hydroxylation is 1. The number of carbonyl (C=O) groups is 1. The number of phenolic OH excluding ortho intramolecular Hbond substituents is 1. The van der Waals surface area contributed by atoms with E-state index in [1.54, 1.807) is 6.92 Å². The fourth-order valence-electron chi connectivity index (χ4n) is 1.68. The molecule has 0 heterocycles. The molecule has 0 radical (unpaired) electrons. The number of phenols is 1. The molecule has 0 aliphatic carbocycles. The molecular weight excluding hydrogens is 252 g/mol. The number of halogens is 2. The lowest BCUT2D eigenvalue weighted by atomic mass is 10.1. The highest BCUT2D eigenvalue weighted by molar-refractivity contribution is 6.05. The van der Waals surface area contributed by atoms with Crippen molar-refractivity contribution in [2.45, 2.75) is 6.92 Å². The summed E-state index contributed by atoms with van der Waals surface area (Å²) in [4.78, 5) is 11.9. The first-order valence-corrected chi connectivity index (χ1v) is 5.53. The summed E-state index contributed by atoms with van der Waals surface area (Å²) in [5, 5.41) is 11.4. The molecule has 0 bridgehead atoms. The van der Waals surface area contributed by atoms with Gasteiger partial charge in [0, 0.05) is 11.6 Å². The van der Waals surface area contributed by atoms with E-state index in [0.717, 1.165) is 12.1 Å². The monoisotopic (exact) mass is 263 g/mol. The highest BCUT2D eigenvalue weighted by Crippen LogP contribution is 2.20. The molecule has 3 nitrogen and oxygen atoms in total.